The fourth-order valence-electron chi connectivity index (χ4n) is 3.41. The summed E-state index contributed by atoms with van der Waals surface area (Å²) >= 11 is 5.97. The fourth-order valence-corrected chi connectivity index (χ4v) is 3.59. The molecule has 0 saturated heterocycles. The van der Waals surface area contributed by atoms with Crippen LogP contribution in [0.2, 0.25) is 5.02 Å². The molecule has 0 aliphatic carbocycles. The number of aryl methyl sites for hydroxylation is 2. The zero-order valence-electron chi connectivity index (χ0n) is 18.2. The number of anilines is 1. The Balaban J connectivity index is 1.43. The highest BCUT2D eigenvalue weighted by Crippen LogP contribution is 2.22. The third kappa shape index (κ3) is 4.84. The maximum Gasteiger partial charge on any atom is 0.276 e. The molecule has 0 atom stereocenters. The molecule has 8 heteroatoms. The molecule has 7 nitrogen and oxygen atoms in total. The van der Waals surface area contributed by atoms with E-state index in [1.165, 1.54) is 11.1 Å². The Labute approximate surface area is 191 Å². The van der Waals surface area contributed by atoms with Gasteiger partial charge in [-0.15, -0.1) is 0 Å². The number of nitrogens with one attached hydrogen (secondary N) is 1. The Morgan fingerprint density at radius 3 is 2.66 bits per heavy atom. The molecule has 0 saturated carbocycles. The third-order valence-corrected chi connectivity index (χ3v) is 5.47. The largest absolute Gasteiger partial charge is 0.471 e. The first-order valence-corrected chi connectivity index (χ1v) is 10.6. The second-order valence-corrected chi connectivity index (χ2v) is 7.99. The molecular weight excluding hydrogens is 426 g/mol. The van der Waals surface area contributed by atoms with Crippen LogP contribution in [0, 0.1) is 20.8 Å². The second kappa shape index (κ2) is 9.28. The Kier molecular flexibility index (Phi) is 6.28. The van der Waals surface area contributed by atoms with Gasteiger partial charge >= 0.3 is 0 Å². The number of benzene rings is 2. The van der Waals surface area contributed by atoms with E-state index in [4.69, 9.17) is 16.3 Å². The lowest BCUT2D eigenvalue weighted by atomic mass is 10.1. The molecule has 1 amide bonds. The summed E-state index contributed by atoms with van der Waals surface area (Å²) in [6.07, 6.45) is 1.70. The number of aromatic nitrogens is 4. The molecule has 0 unspecified atom stereocenters. The molecule has 2 heterocycles. The first-order valence-electron chi connectivity index (χ1n) is 10.2. The van der Waals surface area contributed by atoms with Crippen molar-refractivity contribution in [3.8, 4) is 5.75 Å². The van der Waals surface area contributed by atoms with Gasteiger partial charge in [-0.05, 0) is 56.2 Å². The van der Waals surface area contributed by atoms with Gasteiger partial charge < -0.3 is 10.1 Å². The average molecular weight is 450 g/mol. The number of carbonyl (C=O) groups excluding carboxylic acids is 1. The highest BCUT2D eigenvalue weighted by atomic mass is 35.5. The van der Waals surface area contributed by atoms with Gasteiger partial charge in [0.15, 0.2) is 12.4 Å². The normalized spacial score (nSPS) is 10.9. The number of halogens is 1. The Hall–Kier alpha value is -3.58. The maximum atomic E-state index is 12.8. The molecule has 0 aliphatic heterocycles. The molecule has 0 aliphatic rings. The summed E-state index contributed by atoms with van der Waals surface area (Å²) in [5.74, 6) is 0.333. The molecule has 2 aromatic heterocycles. The molecule has 32 heavy (non-hydrogen) atoms. The van der Waals surface area contributed by atoms with Gasteiger partial charge in [-0.2, -0.15) is 10.2 Å². The number of amides is 1. The number of ether oxygens (including phenoxy) is 1. The van der Waals surface area contributed by atoms with Crippen molar-refractivity contribution in [2.24, 2.45) is 0 Å². The lowest BCUT2D eigenvalue weighted by Gasteiger charge is -2.09. The highest BCUT2D eigenvalue weighted by molar-refractivity contribution is 6.30. The van der Waals surface area contributed by atoms with Gasteiger partial charge in [0.05, 0.1) is 23.6 Å². The monoisotopic (exact) mass is 449 g/mol. The van der Waals surface area contributed by atoms with Gasteiger partial charge in [0.1, 0.15) is 5.75 Å². The van der Waals surface area contributed by atoms with Crippen molar-refractivity contribution in [2.45, 2.75) is 34.0 Å². The summed E-state index contributed by atoms with van der Waals surface area (Å²) < 4.78 is 9.12. The molecule has 0 spiro atoms. The van der Waals surface area contributed by atoms with Crippen LogP contribution in [0.4, 0.5) is 5.69 Å². The van der Waals surface area contributed by atoms with E-state index in [-0.39, 0.29) is 12.6 Å². The average Bonchev–Trinajstić information content (AvgIpc) is 3.34. The van der Waals surface area contributed by atoms with Gasteiger partial charge in [-0.3, -0.25) is 9.48 Å². The molecule has 0 radical (unpaired) electrons. The van der Waals surface area contributed by atoms with Gasteiger partial charge in [0.2, 0.25) is 0 Å². The van der Waals surface area contributed by atoms with Crippen molar-refractivity contribution >= 4 is 23.2 Å². The third-order valence-electron chi connectivity index (χ3n) is 5.23. The zero-order chi connectivity index (χ0) is 22.7. The van der Waals surface area contributed by atoms with E-state index < -0.39 is 0 Å². The predicted molar refractivity (Wildman–Crippen MR) is 124 cm³/mol. The van der Waals surface area contributed by atoms with Crippen molar-refractivity contribution in [3.63, 3.8) is 0 Å². The summed E-state index contributed by atoms with van der Waals surface area (Å²) in [5.41, 5.74) is 5.04. The first kappa shape index (κ1) is 21.6. The highest BCUT2D eigenvalue weighted by Gasteiger charge is 2.17. The van der Waals surface area contributed by atoms with E-state index in [1.807, 2.05) is 42.8 Å². The van der Waals surface area contributed by atoms with Gasteiger partial charge in [0, 0.05) is 11.2 Å². The van der Waals surface area contributed by atoms with Gasteiger partial charge in [-0.1, -0.05) is 41.9 Å². The van der Waals surface area contributed by atoms with Crippen LogP contribution in [-0.4, -0.2) is 25.5 Å². The van der Waals surface area contributed by atoms with E-state index in [9.17, 15) is 4.79 Å². The lowest BCUT2D eigenvalue weighted by Crippen LogP contribution is -2.15. The topological polar surface area (TPSA) is 74.0 Å². The molecule has 1 N–H and O–H groups in total. The standard InChI is InChI=1S/C24H24ClN5O2/c1-16-7-4-5-8-19(16)14-30-18(3)23(17(2)27-30)26-24(31)22-11-12-29(28-22)15-32-21-10-6-9-20(25)13-21/h4-13H,14-15H2,1-3H3,(H,26,31). The minimum Gasteiger partial charge on any atom is -0.471 e. The maximum absolute atomic E-state index is 12.8. The fraction of sp³-hybridized carbons (Fsp3) is 0.208. The molecule has 4 rings (SSSR count). The van der Waals surface area contributed by atoms with Crippen molar-refractivity contribution < 1.29 is 9.53 Å². The van der Waals surface area contributed by atoms with Crippen molar-refractivity contribution in [1.29, 1.82) is 0 Å². The Morgan fingerprint density at radius 1 is 1.06 bits per heavy atom. The smallest absolute Gasteiger partial charge is 0.276 e. The van der Waals surface area contributed by atoms with Crippen LogP contribution in [0.1, 0.15) is 33.0 Å². The van der Waals surface area contributed by atoms with Crippen LogP contribution in [0.25, 0.3) is 0 Å². The van der Waals surface area contributed by atoms with Crippen molar-refractivity contribution in [1.82, 2.24) is 19.6 Å². The molecule has 4 aromatic rings. The van der Waals surface area contributed by atoms with Crippen LogP contribution < -0.4 is 10.1 Å². The van der Waals surface area contributed by atoms with E-state index >= 15 is 0 Å². The Morgan fingerprint density at radius 2 is 1.88 bits per heavy atom. The number of carbonyl (C=O) groups is 1. The minimum absolute atomic E-state index is 0.167. The SMILES string of the molecule is Cc1ccccc1Cn1nc(C)c(NC(=O)c2ccn(COc3cccc(Cl)c3)n2)c1C. The summed E-state index contributed by atoms with van der Waals surface area (Å²) in [6, 6.07) is 17.0. The number of hydrogen-bond donors (Lipinski definition) is 1. The van der Waals surface area contributed by atoms with E-state index in [0.717, 1.165) is 11.4 Å². The van der Waals surface area contributed by atoms with Crippen LogP contribution in [0.15, 0.2) is 60.8 Å². The van der Waals surface area contributed by atoms with E-state index in [0.29, 0.717) is 28.7 Å². The van der Waals surface area contributed by atoms with Crippen LogP contribution in [0.3, 0.4) is 0 Å². The second-order valence-electron chi connectivity index (χ2n) is 7.56. The quantitative estimate of drug-likeness (QED) is 0.431. The van der Waals surface area contributed by atoms with Crippen LogP contribution >= 0.6 is 11.6 Å². The van der Waals surface area contributed by atoms with Crippen molar-refractivity contribution in [3.05, 3.63) is 94.0 Å². The van der Waals surface area contributed by atoms with Gasteiger partial charge in [-0.25, -0.2) is 4.68 Å². The zero-order valence-corrected chi connectivity index (χ0v) is 18.9. The molecular formula is C24H24ClN5O2. The summed E-state index contributed by atoms with van der Waals surface area (Å²) in [7, 11) is 0. The Bertz CT molecular complexity index is 1260. The molecule has 2 aromatic carbocycles. The molecule has 0 fully saturated rings. The molecule has 0 bridgehead atoms. The predicted octanol–water partition coefficient (Wildman–Crippen LogP) is 5.00. The number of nitrogens with zero attached hydrogens (tertiary/aromatic N) is 4. The summed E-state index contributed by atoms with van der Waals surface area (Å²) in [5, 5.41) is 12.5. The number of rotatable bonds is 7. The summed E-state index contributed by atoms with van der Waals surface area (Å²) in [6.45, 7) is 6.72. The summed E-state index contributed by atoms with van der Waals surface area (Å²) in [4.78, 5) is 12.8. The lowest BCUT2D eigenvalue weighted by molar-refractivity contribution is 0.102. The van der Waals surface area contributed by atoms with E-state index in [2.05, 4.69) is 34.6 Å². The van der Waals surface area contributed by atoms with Crippen LogP contribution in [-0.2, 0) is 13.3 Å². The minimum atomic E-state index is -0.298. The van der Waals surface area contributed by atoms with Gasteiger partial charge in [0.25, 0.3) is 5.91 Å². The van der Waals surface area contributed by atoms with Crippen LogP contribution in [0.5, 0.6) is 5.75 Å². The molecule has 164 valence electrons. The van der Waals surface area contributed by atoms with E-state index in [1.54, 1.807) is 29.1 Å². The van der Waals surface area contributed by atoms with Crippen molar-refractivity contribution in [2.75, 3.05) is 5.32 Å². The number of hydrogen-bond acceptors (Lipinski definition) is 4. The first-order chi connectivity index (χ1) is 15.4.